The maximum Gasteiger partial charge on any atom is 0.134 e. The number of aromatic hydroxyl groups is 1. The molecular weight excluding hydrogens is 358 g/mol. The van der Waals surface area contributed by atoms with E-state index in [9.17, 15) is 9.90 Å². The molecule has 1 saturated heterocycles. The first-order valence-electron chi connectivity index (χ1n) is 10.7. The van der Waals surface area contributed by atoms with Crippen LogP contribution in [0.1, 0.15) is 63.0 Å². The maximum absolute atomic E-state index is 12.8. The monoisotopic (exact) mass is 389 g/mol. The lowest BCUT2D eigenvalue weighted by atomic mass is 9.48. The molecule has 0 spiro atoms. The molecule has 3 fully saturated rings. The van der Waals surface area contributed by atoms with Crippen molar-refractivity contribution in [2.75, 3.05) is 13.1 Å². The largest absolute Gasteiger partial charge is 0.508 e. The minimum Gasteiger partial charge on any atom is -0.508 e. The number of phenols is 1. The summed E-state index contributed by atoms with van der Waals surface area (Å²) in [6.07, 6.45) is 8.80. The van der Waals surface area contributed by atoms with Crippen LogP contribution in [0.5, 0.6) is 5.75 Å². The van der Waals surface area contributed by atoms with Crippen molar-refractivity contribution in [2.24, 2.45) is 17.8 Å². The van der Waals surface area contributed by atoms with Crippen molar-refractivity contribution >= 4 is 18.2 Å². The van der Waals surface area contributed by atoms with Gasteiger partial charge < -0.3 is 5.11 Å². The van der Waals surface area contributed by atoms with Crippen molar-refractivity contribution in [3.63, 3.8) is 0 Å². The van der Waals surface area contributed by atoms with Crippen molar-refractivity contribution in [2.45, 2.75) is 69.7 Å². The van der Waals surface area contributed by atoms with Gasteiger partial charge >= 0.3 is 0 Å². The zero-order valence-electron chi connectivity index (χ0n) is 16.3. The molecule has 148 valence electrons. The topological polar surface area (TPSA) is 40.5 Å². The zero-order chi connectivity index (χ0) is 17.9. The Balaban J connectivity index is 0.00000180. The third-order valence-corrected chi connectivity index (χ3v) is 7.79. The first-order valence-corrected chi connectivity index (χ1v) is 10.7. The van der Waals surface area contributed by atoms with Gasteiger partial charge in [-0.05, 0) is 79.7 Å². The Morgan fingerprint density at radius 2 is 2.07 bits per heavy atom. The quantitative estimate of drug-likeness (QED) is 0.824. The standard InChI is InChI=1S/C23H31NO2.ClH/c1-2-3-17-10-19(26)13-23-8-9-24(14-15-4-5-15)21(22(17)23)11-16-6-7-18(25)12-20(16)23;/h6-7,12,15,17,21-22,25H,2-5,8-11,13-14H2,1H3;1H/t17-,21?,22-,23?;/m1./s1. The summed E-state index contributed by atoms with van der Waals surface area (Å²) in [6, 6.07) is 6.55. The van der Waals surface area contributed by atoms with Crippen molar-refractivity contribution in [1.82, 2.24) is 4.90 Å². The van der Waals surface area contributed by atoms with Gasteiger partial charge in [0.2, 0.25) is 0 Å². The fraction of sp³-hybridized carbons (Fsp3) is 0.696. The van der Waals surface area contributed by atoms with Crippen LogP contribution in [-0.2, 0) is 16.6 Å². The number of phenolic OH excluding ortho intramolecular Hbond substituents is 1. The van der Waals surface area contributed by atoms with Gasteiger partial charge in [0.05, 0.1) is 0 Å². The molecule has 27 heavy (non-hydrogen) atoms. The Labute approximate surface area is 168 Å². The predicted octanol–water partition coefficient (Wildman–Crippen LogP) is 4.49. The molecule has 0 radical (unpaired) electrons. The molecule has 1 aliphatic heterocycles. The first-order chi connectivity index (χ1) is 12.6. The Bertz CT molecular complexity index is 731. The molecule has 4 heteroatoms. The van der Waals surface area contributed by atoms with Crippen LogP contribution < -0.4 is 0 Å². The molecule has 5 rings (SSSR count). The second-order valence-corrected chi connectivity index (χ2v) is 9.45. The summed E-state index contributed by atoms with van der Waals surface area (Å²) in [5, 5.41) is 10.2. The van der Waals surface area contributed by atoms with E-state index >= 15 is 0 Å². The normalized spacial score (nSPS) is 35.1. The molecule has 1 N–H and O–H groups in total. The molecule has 1 heterocycles. The summed E-state index contributed by atoms with van der Waals surface area (Å²) < 4.78 is 0. The fourth-order valence-corrected chi connectivity index (χ4v) is 6.69. The molecule has 3 aliphatic carbocycles. The van der Waals surface area contributed by atoms with Gasteiger partial charge in [0, 0.05) is 30.8 Å². The van der Waals surface area contributed by atoms with E-state index in [1.54, 1.807) is 0 Å². The van der Waals surface area contributed by atoms with Gasteiger partial charge in [0.15, 0.2) is 0 Å². The van der Waals surface area contributed by atoms with Crippen molar-refractivity contribution in [1.29, 1.82) is 0 Å². The average Bonchev–Trinajstić information content (AvgIpc) is 3.42. The van der Waals surface area contributed by atoms with E-state index in [0.29, 0.717) is 35.8 Å². The van der Waals surface area contributed by atoms with E-state index in [-0.39, 0.29) is 17.8 Å². The number of ketones is 1. The van der Waals surface area contributed by atoms with E-state index in [1.165, 1.54) is 36.9 Å². The Kier molecular flexibility index (Phi) is 5.05. The molecule has 0 aromatic heterocycles. The summed E-state index contributed by atoms with van der Waals surface area (Å²) in [7, 11) is 0. The number of hydrogen-bond acceptors (Lipinski definition) is 3. The summed E-state index contributed by atoms with van der Waals surface area (Å²) >= 11 is 0. The van der Waals surface area contributed by atoms with E-state index < -0.39 is 0 Å². The summed E-state index contributed by atoms with van der Waals surface area (Å²) in [5.41, 5.74) is 2.67. The van der Waals surface area contributed by atoms with Gasteiger partial charge in [-0.25, -0.2) is 0 Å². The van der Waals surface area contributed by atoms with Gasteiger partial charge in [0.1, 0.15) is 11.5 Å². The first kappa shape index (κ1) is 19.3. The second kappa shape index (κ2) is 7.08. The summed E-state index contributed by atoms with van der Waals surface area (Å²) in [4.78, 5) is 15.6. The molecular formula is C23H32ClNO2. The van der Waals surface area contributed by atoms with E-state index in [0.717, 1.165) is 38.1 Å². The maximum atomic E-state index is 12.8. The number of halogens is 1. The van der Waals surface area contributed by atoms with Gasteiger partial charge in [-0.15, -0.1) is 12.4 Å². The second-order valence-electron chi connectivity index (χ2n) is 9.45. The lowest BCUT2D eigenvalue weighted by Gasteiger charge is -2.61. The SMILES string of the molecule is CCC[C@@H]1CC(=O)CC23CCN(CC4CC4)C(Cc4ccc(O)cc42)[C@@H]13.Cl. The van der Waals surface area contributed by atoms with Crippen LogP contribution in [0.25, 0.3) is 0 Å². The molecule has 2 unspecified atom stereocenters. The minimum absolute atomic E-state index is 0. The van der Waals surface area contributed by atoms with Gasteiger partial charge in [-0.3, -0.25) is 9.69 Å². The summed E-state index contributed by atoms with van der Waals surface area (Å²) in [6.45, 7) is 4.64. The van der Waals surface area contributed by atoms with Crippen molar-refractivity contribution in [3.8, 4) is 5.75 Å². The highest BCUT2D eigenvalue weighted by Crippen LogP contribution is 2.58. The number of carbonyl (C=O) groups is 1. The Morgan fingerprint density at radius 1 is 1.26 bits per heavy atom. The summed E-state index contributed by atoms with van der Waals surface area (Å²) in [5.74, 6) is 2.83. The lowest BCUT2D eigenvalue weighted by molar-refractivity contribution is -0.132. The third-order valence-electron chi connectivity index (χ3n) is 7.79. The fourth-order valence-electron chi connectivity index (χ4n) is 6.69. The van der Waals surface area contributed by atoms with Crippen molar-refractivity contribution < 1.29 is 9.90 Å². The number of benzene rings is 1. The molecule has 1 aromatic rings. The highest BCUT2D eigenvalue weighted by molar-refractivity contribution is 5.85. The van der Waals surface area contributed by atoms with Crippen LogP contribution in [-0.4, -0.2) is 34.9 Å². The van der Waals surface area contributed by atoms with Crippen LogP contribution in [0.3, 0.4) is 0 Å². The van der Waals surface area contributed by atoms with Crippen molar-refractivity contribution in [3.05, 3.63) is 29.3 Å². The molecule has 4 aliphatic rings. The number of piperidine rings is 1. The van der Waals surface area contributed by atoms with Gasteiger partial charge in [0.25, 0.3) is 0 Å². The van der Waals surface area contributed by atoms with Crippen LogP contribution in [0, 0.1) is 17.8 Å². The number of rotatable bonds is 4. The predicted molar refractivity (Wildman–Crippen MR) is 110 cm³/mol. The highest BCUT2D eigenvalue weighted by Gasteiger charge is 2.58. The smallest absolute Gasteiger partial charge is 0.134 e. The number of carbonyl (C=O) groups excluding carboxylic acids is 1. The van der Waals surface area contributed by atoms with E-state index in [2.05, 4.69) is 17.9 Å². The number of likely N-dealkylation sites (tertiary alicyclic amines) is 1. The molecule has 1 aromatic carbocycles. The van der Waals surface area contributed by atoms with Crippen LogP contribution >= 0.6 is 12.4 Å². The van der Waals surface area contributed by atoms with E-state index in [4.69, 9.17) is 0 Å². The minimum atomic E-state index is -0.0216. The van der Waals surface area contributed by atoms with E-state index in [1.807, 2.05) is 12.1 Å². The van der Waals surface area contributed by atoms with Crippen LogP contribution in [0.4, 0.5) is 0 Å². The number of fused-ring (bicyclic) bond motifs is 1. The number of nitrogens with zero attached hydrogens (tertiary/aromatic N) is 1. The molecule has 3 nitrogen and oxygen atoms in total. The number of hydrogen-bond donors (Lipinski definition) is 1. The van der Waals surface area contributed by atoms with Crippen LogP contribution in [0.15, 0.2) is 18.2 Å². The lowest BCUT2D eigenvalue weighted by Crippen LogP contribution is -2.64. The zero-order valence-corrected chi connectivity index (χ0v) is 17.1. The Hall–Kier alpha value is -1.06. The molecule has 0 amide bonds. The van der Waals surface area contributed by atoms with Gasteiger partial charge in [-0.1, -0.05) is 19.4 Å². The highest BCUT2D eigenvalue weighted by atomic mass is 35.5. The molecule has 2 bridgehead atoms. The van der Waals surface area contributed by atoms with Crippen LogP contribution in [0.2, 0.25) is 0 Å². The number of Topliss-reactive ketones (excluding diaryl/α,β-unsaturated/α-hetero) is 1. The Morgan fingerprint density at radius 3 is 2.81 bits per heavy atom. The molecule has 4 atom stereocenters. The average molecular weight is 390 g/mol. The third kappa shape index (κ3) is 3.11. The molecule has 2 saturated carbocycles. The van der Waals surface area contributed by atoms with Gasteiger partial charge in [-0.2, -0.15) is 0 Å².